The average Bonchev–Trinajstić information content (AvgIpc) is 3.78. The molecule has 2 aliphatic rings. The molecule has 2 heterocycles. The molecule has 1 fully saturated rings. The first-order chi connectivity index (χ1) is 26.5. The second-order valence-electron chi connectivity index (χ2n) is 16.0. The van der Waals surface area contributed by atoms with Crippen LogP contribution in [0.1, 0.15) is 167 Å². The van der Waals surface area contributed by atoms with Crippen molar-refractivity contribution in [1.82, 2.24) is 0 Å². The van der Waals surface area contributed by atoms with Crippen molar-refractivity contribution in [3.8, 4) is 0 Å². The van der Waals surface area contributed by atoms with Crippen molar-refractivity contribution in [3.05, 3.63) is 41.5 Å². The van der Waals surface area contributed by atoms with Gasteiger partial charge >= 0.3 is 5.97 Å². The number of aryl methyl sites for hydroxylation is 1. The highest BCUT2D eigenvalue weighted by Gasteiger charge is 2.34. The van der Waals surface area contributed by atoms with Gasteiger partial charge < -0.3 is 29.2 Å². The molecule has 0 aromatic heterocycles. The molecule has 55 heavy (non-hydrogen) atoms. The van der Waals surface area contributed by atoms with Crippen molar-refractivity contribution in [2.75, 3.05) is 13.9 Å². The van der Waals surface area contributed by atoms with Gasteiger partial charge in [0.25, 0.3) is 10.1 Å². The zero-order valence-electron chi connectivity index (χ0n) is 34.5. The molecule has 0 saturated carbocycles. The van der Waals surface area contributed by atoms with Gasteiger partial charge in [-0.3, -0.25) is 4.18 Å². The normalized spacial score (nSPS) is 21.0. The van der Waals surface area contributed by atoms with Gasteiger partial charge in [0.15, 0.2) is 0 Å². The molecular formula is C44H74O10S. The predicted molar refractivity (Wildman–Crippen MR) is 216 cm³/mol. The van der Waals surface area contributed by atoms with E-state index in [1.165, 1.54) is 51.4 Å². The highest BCUT2D eigenvalue weighted by atomic mass is 32.2. The lowest BCUT2D eigenvalue weighted by atomic mass is 9.99. The number of esters is 1. The Kier molecular flexibility index (Phi) is 23.3. The molecule has 0 aliphatic carbocycles. The van der Waals surface area contributed by atoms with Gasteiger partial charge in [-0.15, -0.1) is 0 Å². The molecule has 3 rings (SSSR count). The van der Waals surface area contributed by atoms with Crippen LogP contribution in [0, 0.1) is 6.92 Å². The fraction of sp³-hybridized carbons (Fsp3) is 0.795. The maximum atomic E-state index is 13.2. The van der Waals surface area contributed by atoms with Crippen LogP contribution in [-0.2, 0) is 38.0 Å². The minimum absolute atomic E-state index is 0.138. The summed E-state index contributed by atoms with van der Waals surface area (Å²) in [5.41, 5.74) is 1.60. The zero-order chi connectivity index (χ0) is 39.9. The van der Waals surface area contributed by atoms with Crippen LogP contribution >= 0.6 is 0 Å². The van der Waals surface area contributed by atoms with E-state index in [1.54, 1.807) is 31.4 Å². The summed E-state index contributed by atoms with van der Waals surface area (Å²) in [5, 5.41) is 21.7. The minimum Gasteiger partial charge on any atom is -0.455 e. The van der Waals surface area contributed by atoms with Crippen LogP contribution < -0.4 is 0 Å². The van der Waals surface area contributed by atoms with Crippen LogP contribution in [0.3, 0.4) is 0 Å². The maximum Gasteiger partial charge on any atom is 0.334 e. The van der Waals surface area contributed by atoms with E-state index in [9.17, 15) is 23.4 Å². The van der Waals surface area contributed by atoms with Crippen molar-refractivity contribution in [1.29, 1.82) is 0 Å². The van der Waals surface area contributed by atoms with Gasteiger partial charge in [-0.05, 0) is 77.0 Å². The minimum atomic E-state index is -3.94. The van der Waals surface area contributed by atoms with E-state index in [2.05, 4.69) is 6.92 Å². The zero-order valence-corrected chi connectivity index (χ0v) is 35.3. The summed E-state index contributed by atoms with van der Waals surface area (Å²) >= 11 is 0. The summed E-state index contributed by atoms with van der Waals surface area (Å²) in [4.78, 5) is 12.3. The van der Waals surface area contributed by atoms with Gasteiger partial charge in [-0.2, -0.15) is 8.42 Å². The van der Waals surface area contributed by atoms with E-state index in [0.717, 1.165) is 63.4 Å². The molecule has 316 valence electrons. The second kappa shape index (κ2) is 26.9. The summed E-state index contributed by atoms with van der Waals surface area (Å²) < 4.78 is 54.7. The number of carbonyl (C=O) groups is 1. The summed E-state index contributed by atoms with van der Waals surface area (Å²) in [6, 6.07) is 6.70. The standard InChI is InChI=1S/C44H74O10S/c1-5-6-7-8-9-10-11-12-13-17-23-40(45)42-29-30-43(53-42)41(46)24-19-18-21-37(54-55(48,49)39-27-25-34(2)26-28-39)20-15-14-16-22-38(51-33-50-4)32-36-31-35(3)52-44(36)47/h25-28,31,35,37-38,40-43,45-46H,5-24,29-30,32-33H2,1-4H3/t35-,37?,38+,40-,41-,42-,43-/m0/s1. The third-order valence-corrected chi connectivity index (χ3v) is 12.4. The number of benzene rings is 1. The molecule has 1 aromatic rings. The summed E-state index contributed by atoms with van der Waals surface area (Å²) in [6.07, 6.45) is 21.0. The van der Waals surface area contributed by atoms with Crippen LogP contribution in [0.25, 0.3) is 0 Å². The highest BCUT2D eigenvalue weighted by Crippen LogP contribution is 2.29. The molecular weight excluding hydrogens is 721 g/mol. The van der Waals surface area contributed by atoms with E-state index >= 15 is 0 Å². The molecule has 1 unspecified atom stereocenters. The number of cyclic esters (lactones) is 1. The molecule has 7 atom stereocenters. The number of ether oxygens (including phenoxy) is 4. The van der Waals surface area contributed by atoms with E-state index in [-0.39, 0.29) is 42.1 Å². The third-order valence-electron chi connectivity index (χ3n) is 11.1. The first kappa shape index (κ1) is 47.5. The van der Waals surface area contributed by atoms with Crippen molar-refractivity contribution in [2.45, 2.75) is 216 Å². The fourth-order valence-corrected chi connectivity index (χ4v) is 8.86. The lowest BCUT2D eigenvalue weighted by Gasteiger charge is -2.22. The number of hydrogen-bond acceptors (Lipinski definition) is 10. The van der Waals surface area contributed by atoms with Crippen LogP contribution in [0.2, 0.25) is 0 Å². The Morgan fingerprint density at radius 2 is 1.24 bits per heavy atom. The summed E-state index contributed by atoms with van der Waals surface area (Å²) in [5.74, 6) is -0.297. The maximum absolute atomic E-state index is 13.2. The van der Waals surface area contributed by atoms with Crippen LogP contribution in [-0.4, -0.2) is 81.2 Å². The molecule has 2 N–H and O–H groups in total. The van der Waals surface area contributed by atoms with Gasteiger partial charge in [-0.1, -0.05) is 121 Å². The van der Waals surface area contributed by atoms with Gasteiger partial charge in [-0.25, -0.2) is 4.79 Å². The number of carbonyl (C=O) groups excluding carboxylic acids is 1. The lowest BCUT2D eigenvalue weighted by Crippen LogP contribution is -2.31. The number of rotatable bonds is 32. The topological polar surface area (TPSA) is 138 Å². The molecule has 1 aromatic carbocycles. The number of methoxy groups -OCH3 is 1. The van der Waals surface area contributed by atoms with Gasteiger partial charge in [0.1, 0.15) is 12.9 Å². The summed E-state index contributed by atoms with van der Waals surface area (Å²) in [7, 11) is -2.37. The van der Waals surface area contributed by atoms with Crippen molar-refractivity contribution in [3.63, 3.8) is 0 Å². The Balaban J connectivity index is 1.39. The quantitative estimate of drug-likeness (QED) is 0.0314. The Hall–Kier alpha value is -1.86. The molecule has 10 nitrogen and oxygen atoms in total. The monoisotopic (exact) mass is 795 g/mol. The summed E-state index contributed by atoms with van der Waals surface area (Å²) in [6.45, 7) is 6.13. The highest BCUT2D eigenvalue weighted by molar-refractivity contribution is 7.86. The molecule has 11 heteroatoms. The smallest absolute Gasteiger partial charge is 0.334 e. The lowest BCUT2D eigenvalue weighted by molar-refractivity contribution is -0.139. The van der Waals surface area contributed by atoms with Gasteiger partial charge in [0, 0.05) is 19.1 Å². The third kappa shape index (κ3) is 19.0. The molecule has 0 spiro atoms. The number of aliphatic hydroxyl groups is 2. The van der Waals surface area contributed by atoms with E-state index < -0.39 is 28.4 Å². The molecule has 2 aliphatic heterocycles. The number of hydrogen-bond donors (Lipinski definition) is 2. The SMILES string of the molecule is CCCCCCCCCCCC[C@H](O)[C@@H]1CC[C@@H]([C@@H](O)CCCCC(CCCCC[C@H](CC2=C[C@H](C)OC2=O)OCOC)OS(=O)(=O)c2ccc(C)cc2)O1. The molecule has 1 saturated heterocycles. The second-order valence-corrected chi connectivity index (χ2v) is 17.6. The Morgan fingerprint density at radius 3 is 1.78 bits per heavy atom. The Morgan fingerprint density at radius 1 is 0.745 bits per heavy atom. The van der Waals surface area contributed by atoms with Crippen molar-refractivity contribution in [2.24, 2.45) is 0 Å². The van der Waals surface area contributed by atoms with E-state index in [1.807, 2.05) is 19.9 Å². The molecule has 0 radical (unpaired) electrons. The first-order valence-electron chi connectivity index (χ1n) is 21.6. The van der Waals surface area contributed by atoms with Gasteiger partial charge in [0.2, 0.25) is 0 Å². The Bertz CT molecular complexity index is 1320. The van der Waals surface area contributed by atoms with Crippen molar-refractivity contribution >= 4 is 16.1 Å². The van der Waals surface area contributed by atoms with Crippen LogP contribution in [0.4, 0.5) is 0 Å². The van der Waals surface area contributed by atoms with Crippen molar-refractivity contribution < 1.29 is 46.6 Å². The van der Waals surface area contributed by atoms with Crippen LogP contribution in [0.5, 0.6) is 0 Å². The fourth-order valence-electron chi connectivity index (χ4n) is 7.73. The van der Waals surface area contributed by atoms with E-state index in [0.29, 0.717) is 44.1 Å². The van der Waals surface area contributed by atoms with Crippen LogP contribution in [0.15, 0.2) is 40.8 Å². The largest absolute Gasteiger partial charge is 0.455 e. The number of aliphatic hydroxyl groups excluding tert-OH is 2. The first-order valence-corrected chi connectivity index (χ1v) is 23.0. The van der Waals surface area contributed by atoms with Gasteiger partial charge in [0.05, 0.1) is 41.5 Å². The predicted octanol–water partition coefficient (Wildman–Crippen LogP) is 9.41. The Labute approximate surface area is 333 Å². The van der Waals surface area contributed by atoms with E-state index in [4.69, 9.17) is 23.1 Å². The average molecular weight is 795 g/mol. The number of unbranched alkanes of at least 4 members (excludes halogenated alkanes) is 12. The molecule has 0 amide bonds. The molecule has 0 bridgehead atoms.